The number of hydrogen-bond donors (Lipinski definition) is 2. The van der Waals surface area contributed by atoms with Crippen LogP contribution >= 0.6 is 0 Å². The summed E-state index contributed by atoms with van der Waals surface area (Å²) in [6.45, 7) is 1.09. The normalized spacial score (nSPS) is 11.1. The summed E-state index contributed by atoms with van der Waals surface area (Å²) in [5.41, 5.74) is 3.76. The van der Waals surface area contributed by atoms with E-state index in [1.54, 1.807) is 28.0 Å². The molecule has 8 nitrogen and oxygen atoms in total. The minimum atomic E-state index is -0.126. The van der Waals surface area contributed by atoms with Crippen LogP contribution in [0.3, 0.4) is 0 Å². The number of benzene rings is 1. The number of amides is 1. The quantitative estimate of drug-likeness (QED) is 0.552. The van der Waals surface area contributed by atoms with Gasteiger partial charge in [0.1, 0.15) is 0 Å². The predicted octanol–water partition coefficient (Wildman–Crippen LogP) is 1.51. The Morgan fingerprint density at radius 1 is 1.27 bits per heavy atom. The fraction of sp³-hybridized carbons (Fsp3) is 0.222. The van der Waals surface area contributed by atoms with E-state index in [9.17, 15) is 4.79 Å². The Morgan fingerprint density at radius 2 is 2.15 bits per heavy atom. The first-order valence-electron chi connectivity index (χ1n) is 8.40. The molecule has 26 heavy (non-hydrogen) atoms. The average molecular weight is 349 g/mol. The first-order valence-corrected chi connectivity index (χ1v) is 8.40. The van der Waals surface area contributed by atoms with Crippen LogP contribution in [0, 0.1) is 0 Å². The van der Waals surface area contributed by atoms with Gasteiger partial charge in [-0.1, -0.05) is 23.4 Å². The molecule has 0 aliphatic rings. The van der Waals surface area contributed by atoms with Gasteiger partial charge in [0.2, 0.25) is 0 Å². The van der Waals surface area contributed by atoms with Gasteiger partial charge in [0, 0.05) is 36.9 Å². The summed E-state index contributed by atoms with van der Waals surface area (Å²) in [6.07, 6.45) is 7.75. The maximum Gasteiger partial charge on any atom is 0.254 e. The summed E-state index contributed by atoms with van der Waals surface area (Å²) in [6, 6.07) is 8.15. The zero-order valence-electron chi connectivity index (χ0n) is 14.4. The van der Waals surface area contributed by atoms with E-state index in [2.05, 4.69) is 31.8 Å². The number of fused-ring (bicyclic) bond motifs is 1. The maximum absolute atomic E-state index is 12.3. The molecule has 0 fully saturated rings. The molecule has 132 valence electrons. The molecule has 1 aromatic carbocycles. The van der Waals surface area contributed by atoms with Crippen molar-refractivity contribution in [2.75, 3.05) is 6.54 Å². The van der Waals surface area contributed by atoms with Gasteiger partial charge in [-0.05, 0) is 18.1 Å². The van der Waals surface area contributed by atoms with Gasteiger partial charge >= 0.3 is 0 Å². The number of aromatic nitrogens is 6. The van der Waals surface area contributed by atoms with Gasteiger partial charge in [0.15, 0.2) is 0 Å². The highest BCUT2D eigenvalue weighted by molar-refractivity contribution is 5.93. The number of carbonyl (C=O) groups is 1. The van der Waals surface area contributed by atoms with Crippen LogP contribution in [0.15, 0.2) is 49.1 Å². The zero-order chi connectivity index (χ0) is 17.9. The predicted molar refractivity (Wildman–Crippen MR) is 96.7 cm³/mol. The van der Waals surface area contributed by atoms with E-state index in [0.717, 1.165) is 17.6 Å². The number of para-hydroxylation sites is 1. The van der Waals surface area contributed by atoms with Crippen molar-refractivity contribution < 1.29 is 4.79 Å². The van der Waals surface area contributed by atoms with Gasteiger partial charge < -0.3 is 10.3 Å². The van der Waals surface area contributed by atoms with Crippen molar-refractivity contribution in [3.63, 3.8) is 0 Å². The van der Waals surface area contributed by atoms with E-state index in [0.29, 0.717) is 18.7 Å². The number of nitrogens with one attached hydrogen (secondary N) is 2. The lowest BCUT2D eigenvalue weighted by atomic mass is 10.1. The van der Waals surface area contributed by atoms with Gasteiger partial charge in [-0.2, -0.15) is 5.10 Å². The van der Waals surface area contributed by atoms with Crippen LogP contribution in [0.5, 0.6) is 0 Å². The number of H-pyrrole nitrogens is 1. The summed E-state index contributed by atoms with van der Waals surface area (Å²) in [4.78, 5) is 15.6. The minimum absolute atomic E-state index is 0.126. The molecule has 0 saturated carbocycles. The van der Waals surface area contributed by atoms with Gasteiger partial charge in [0.05, 0.1) is 30.2 Å². The molecule has 8 heteroatoms. The van der Waals surface area contributed by atoms with Crippen molar-refractivity contribution in [2.45, 2.75) is 13.0 Å². The van der Waals surface area contributed by atoms with E-state index in [1.807, 2.05) is 31.4 Å². The second-order valence-electron chi connectivity index (χ2n) is 6.14. The highest BCUT2D eigenvalue weighted by Gasteiger charge is 2.10. The Balaban J connectivity index is 1.34. The third-order valence-electron chi connectivity index (χ3n) is 4.38. The highest BCUT2D eigenvalue weighted by atomic mass is 16.1. The maximum atomic E-state index is 12.3. The summed E-state index contributed by atoms with van der Waals surface area (Å²) in [5.74, 6) is -0.126. The lowest BCUT2D eigenvalue weighted by molar-refractivity contribution is 0.0954. The monoisotopic (exact) mass is 349 g/mol. The fourth-order valence-corrected chi connectivity index (χ4v) is 2.94. The minimum Gasteiger partial charge on any atom is -0.361 e. The van der Waals surface area contributed by atoms with E-state index >= 15 is 0 Å². The van der Waals surface area contributed by atoms with Crippen molar-refractivity contribution in [3.8, 4) is 0 Å². The Morgan fingerprint density at radius 3 is 3.00 bits per heavy atom. The molecular weight excluding hydrogens is 330 g/mol. The molecule has 3 heterocycles. The summed E-state index contributed by atoms with van der Waals surface area (Å²) < 4.78 is 3.38. The Hall–Kier alpha value is -3.42. The van der Waals surface area contributed by atoms with Gasteiger partial charge in [-0.25, -0.2) is 0 Å². The van der Waals surface area contributed by atoms with Crippen LogP contribution in [-0.4, -0.2) is 42.2 Å². The molecule has 4 aromatic rings. The molecule has 0 bridgehead atoms. The van der Waals surface area contributed by atoms with Crippen LogP contribution in [0.4, 0.5) is 0 Å². The van der Waals surface area contributed by atoms with Crippen LogP contribution in [0.25, 0.3) is 10.9 Å². The summed E-state index contributed by atoms with van der Waals surface area (Å²) >= 11 is 0. The third kappa shape index (κ3) is 3.21. The average Bonchev–Trinajstić information content (AvgIpc) is 3.37. The Kier molecular flexibility index (Phi) is 4.22. The fourth-order valence-electron chi connectivity index (χ4n) is 2.94. The second-order valence-corrected chi connectivity index (χ2v) is 6.14. The SMILES string of the molecule is Cn1nncc1Cn1cc(C(=O)NCCc2c[nH]c3ccccc23)cn1. The highest BCUT2D eigenvalue weighted by Crippen LogP contribution is 2.17. The van der Waals surface area contributed by atoms with Crippen LogP contribution in [-0.2, 0) is 20.0 Å². The molecule has 2 N–H and O–H groups in total. The number of hydrogen-bond acceptors (Lipinski definition) is 4. The number of nitrogens with zero attached hydrogens (tertiary/aromatic N) is 5. The van der Waals surface area contributed by atoms with E-state index < -0.39 is 0 Å². The number of aryl methyl sites for hydroxylation is 1. The standard InChI is InChI=1S/C18H19N7O/c1-24-15(10-21-23-24)12-25-11-14(9-22-25)18(26)19-7-6-13-8-20-17-5-3-2-4-16(13)17/h2-5,8-11,20H,6-7,12H2,1H3,(H,19,26). The zero-order valence-corrected chi connectivity index (χ0v) is 14.4. The molecule has 0 aliphatic carbocycles. The lowest BCUT2D eigenvalue weighted by Gasteiger charge is -2.03. The topological polar surface area (TPSA) is 93.4 Å². The van der Waals surface area contributed by atoms with Crippen molar-refractivity contribution in [1.29, 1.82) is 0 Å². The number of aromatic amines is 1. The van der Waals surface area contributed by atoms with E-state index in [1.165, 1.54) is 10.9 Å². The smallest absolute Gasteiger partial charge is 0.254 e. The number of rotatable bonds is 6. The molecule has 0 saturated heterocycles. The molecule has 3 aromatic heterocycles. The summed E-state index contributed by atoms with van der Waals surface area (Å²) in [5, 5.41) is 16.1. The van der Waals surface area contributed by atoms with Crippen LogP contribution in [0.2, 0.25) is 0 Å². The molecule has 0 unspecified atom stereocenters. The summed E-state index contributed by atoms with van der Waals surface area (Å²) in [7, 11) is 1.82. The third-order valence-corrected chi connectivity index (χ3v) is 4.38. The van der Waals surface area contributed by atoms with E-state index in [4.69, 9.17) is 0 Å². The molecule has 0 atom stereocenters. The lowest BCUT2D eigenvalue weighted by Crippen LogP contribution is -2.25. The first kappa shape index (κ1) is 16.1. The van der Waals surface area contributed by atoms with Gasteiger partial charge in [-0.15, -0.1) is 5.10 Å². The molecule has 1 amide bonds. The Labute approximate surface area is 149 Å². The van der Waals surface area contributed by atoms with Crippen LogP contribution < -0.4 is 5.32 Å². The largest absolute Gasteiger partial charge is 0.361 e. The molecular formula is C18H19N7O. The van der Waals surface area contributed by atoms with Gasteiger partial charge in [-0.3, -0.25) is 14.2 Å². The molecule has 0 aliphatic heterocycles. The van der Waals surface area contributed by atoms with Crippen molar-refractivity contribution >= 4 is 16.8 Å². The van der Waals surface area contributed by atoms with Crippen molar-refractivity contribution in [3.05, 3.63) is 65.9 Å². The van der Waals surface area contributed by atoms with Crippen molar-refractivity contribution in [1.82, 2.24) is 35.1 Å². The van der Waals surface area contributed by atoms with Crippen LogP contribution in [0.1, 0.15) is 21.6 Å². The molecule has 4 rings (SSSR count). The van der Waals surface area contributed by atoms with Gasteiger partial charge in [0.25, 0.3) is 5.91 Å². The molecule has 0 radical (unpaired) electrons. The second kappa shape index (κ2) is 6.83. The number of carbonyl (C=O) groups excluding carboxylic acids is 1. The first-order chi connectivity index (χ1) is 12.7. The Bertz CT molecular complexity index is 1040. The van der Waals surface area contributed by atoms with E-state index in [-0.39, 0.29) is 5.91 Å². The molecule has 0 spiro atoms. The van der Waals surface area contributed by atoms with Crippen molar-refractivity contribution in [2.24, 2.45) is 7.05 Å².